The summed E-state index contributed by atoms with van der Waals surface area (Å²) in [5.74, 6) is -0.963. The third-order valence-electron chi connectivity index (χ3n) is 2.91. The van der Waals surface area contributed by atoms with Gasteiger partial charge in [0, 0.05) is 12.1 Å². The van der Waals surface area contributed by atoms with Crippen LogP contribution in [0.4, 0.5) is 13.2 Å². The van der Waals surface area contributed by atoms with Gasteiger partial charge in [-0.1, -0.05) is 23.4 Å². The average molecular weight is 345 g/mol. The molecule has 0 saturated heterocycles. The fourth-order valence-electron chi connectivity index (χ4n) is 2.05. The molecule has 0 saturated carbocycles. The van der Waals surface area contributed by atoms with Crippen molar-refractivity contribution in [3.63, 3.8) is 0 Å². The number of benzene rings is 1. The molecule has 0 spiro atoms. The molecular formula is C13H8ClF3N4S. The smallest absolute Gasteiger partial charge is 0.275 e. The van der Waals surface area contributed by atoms with Crippen molar-refractivity contribution < 1.29 is 13.2 Å². The highest BCUT2D eigenvalue weighted by molar-refractivity contribution is 7.98. The Bertz CT molecular complexity index is 853. The minimum absolute atomic E-state index is 0.104. The van der Waals surface area contributed by atoms with Crippen LogP contribution in [0.15, 0.2) is 29.4 Å². The lowest BCUT2D eigenvalue weighted by Crippen LogP contribution is -2.05. The van der Waals surface area contributed by atoms with Crippen LogP contribution < -0.4 is 0 Å². The Hall–Kier alpha value is -1.80. The fourth-order valence-corrected chi connectivity index (χ4v) is 2.65. The molecule has 0 unspecified atom stereocenters. The standard InChI is InChI=1S/C13H8ClF3N4S/c1-22-13-19-9(14)5-10(20-13)21-8-4-6(15)2-3-7(8)18-12(21)11(16)17/h2-5,11H,1H3. The first-order chi connectivity index (χ1) is 10.5. The number of halogens is 4. The topological polar surface area (TPSA) is 43.6 Å². The third-order valence-corrected chi connectivity index (χ3v) is 3.65. The molecule has 0 radical (unpaired) electrons. The van der Waals surface area contributed by atoms with E-state index in [2.05, 4.69) is 15.0 Å². The van der Waals surface area contributed by atoms with E-state index in [0.29, 0.717) is 5.16 Å². The van der Waals surface area contributed by atoms with E-state index >= 15 is 0 Å². The minimum atomic E-state index is -2.85. The number of thioether (sulfide) groups is 1. The van der Waals surface area contributed by atoms with E-state index in [4.69, 9.17) is 11.6 Å². The number of hydrogen-bond donors (Lipinski definition) is 0. The van der Waals surface area contributed by atoms with Crippen LogP contribution >= 0.6 is 23.4 Å². The van der Waals surface area contributed by atoms with Gasteiger partial charge in [-0.05, 0) is 18.4 Å². The van der Waals surface area contributed by atoms with E-state index < -0.39 is 18.1 Å². The Morgan fingerprint density at radius 2 is 1.95 bits per heavy atom. The molecule has 4 nitrogen and oxygen atoms in total. The molecular weight excluding hydrogens is 337 g/mol. The van der Waals surface area contributed by atoms with Crippen molar-refractivity contribution in [1.29, 1.82) is 0 Å². The van der Waals surface area contributed by atoms with Gasteiger partial charge in [-0.15, -0.1) is 0 Å². The zero-order chi connectivity index (χ0) is 15.9. The number of imidazole rings is 1. The second-order valence-corrected chi connectivity index (χ2v) is 5.44. The van der Waals surface area contributed by atoms with Gasteiger partial charge in [0.05, 0.1) is 11.0 Å². The Balaban J connectivity index is 2.35. The molecule has 0 amide bonds. The van der Waals surface area contributed by atoms with Crippen LogP contribution in [0.1, 0.15) is 12.2 Å². The van der Waals surface area contributed by atoms with Gasteiger partial charge in [0.25, 0.3) is 6.43 Å². The zero-order valence-electron chi connectivity index (χ0n) is 11.1. The molecule has 0 aliphatic carbocycles. The van der Waals surface area contributed by atoms with Crippen LogP contribution in [0.3, 0.4) is 0 Å². The van der Waals surface area contributed by atoms with Gasteiger partial charge in [0.15, 0.2) is 11.0 Å². The number of nitrogens with zero attached hydrogens (tertiary/aromatic N) is 4. The van der Waals surface area contributed by atoms with E-state index in [0.717, 1.165) is 16.7 Å². The van der Waals surface area contributed by atoms with Gasteiger partial charge >= 0.3 is 0 Å². The SMILES string of the molecule is CSc1nc(Cl)cc(-n2c(C(F)F)nc3ccc(F)cc32)n1. The predicted molar refractivity (Wildman–Crippen MR) is 78.4 cm³/mol. The second kappa shape index (κ2) is 5.77. The maximum atomic E-state index is 13.5. The van der Waals surface area contributed by atoms with Crippen LogP contribution in [0.2, 0.25) is 5.15 Å². The number of rotatable bonds is 3. The summed E-state index contributed by atoms with van der Waals surface area (Å²) in [5, 5.41) is 0.425. The van der Waals surface area contributed by atoms with Gasteiger partial charge in [0.1, 0.15) is 16.8 Å². The molecule has 0 fully saturated rings. The lowest BCUT2D eigenvalue weighted by atomic mass is 10.3. The summed E-state index contributed by atoms with van der Waals surface area (Å²) < 4.78 is 41.1. The molecule has 3 aromatic rings. The van der Waals surface area contributed by atoms with E-state index in [-0.39, 0.29) is 22.0 Å². The van der Waals surface area contributed by atoms with E-state index in [9.17, 15) is 13.2 Å². The molecule has 22 heavy (non-hydrogen) atoms. The average Bonchev–Trinajstić information content (AvgIpc) is 2.85. The predicted octanol–water partition coefficient (Wildman–Crippen LogP) is 4.27. The highest BCUT2D eigenvalue weighted by Gasteiger charge is 2.22. The summed E-state index contributed by atoms with van der Waals surface area (Å²) >= 11 is 7.12. The molecule has 114 valence electrons. The third kappa shape index (κ3) is 2.64. The molecule has 0 atom stereocenters. The molecule has 0 N–H and O–H groups in total. The van der Waals surface area contributed by atoms with Gasteiger partial charge in [-0.3, -0.25) is 4.57 Å². The van der Waals surface area contributed by atoms with Crippen molar-refractivity contribution in [1.82, 2.24) is 19.5 Å². The van der Waals surface area contributed by atoms with Gasteiger partial charge in [-0.25, -0.2) is 28.1 Å². The van der Waals surface area contributed by atoms with Crippen LogP contribution in [0.5, 0.6) is 0 Å². The fraction of sp³-hybridized carbons (Fsp3) is 0.154. The lowest BCUT2D eigenvalue weighted by molar-refractivity contribution is 0.139. The van der Waals surface area contributed by atoms with Gasteiger partial charge in [-0.2, -0.15) is 0 Å². The van der Waals surface area contributed by atoms with Crippen LogP contribution in [-0.2, 0) is 0 Å². The summed E-state index contributed by atoms with van der Waals surface area (Å²) in [6.45, 7) is 0. The summed E-state index contributed by atoms with van der Waals surface area (Å²) in [7, 11) is 0. The quantitative estimate of drug-likeness (QED) is 0.404. The molecule has 2 heterocycles. The van der Waals surface area contributed by atoms with Crippen molar-refractivity contribution in [3.05, 3.63) is 41.1 Å². The zero-order valence-corrected chi connectivity index (χ0v) is 12.7. The molecule has 3 rings (SSSR count). The van der Waals surface area contributed by atoms with Crippen LogP contribution in [-0.4, -0.2) is 25.8 Å². The highest BCUT2D eigenvalue weighted by Crippen LogP contribution is 2.29. The van der Waals surface area contributed by atoms with E-state index in [1.54, 1.807) is 6.26 Å². The van der Waals surface area contributed by atoms with Crippen molar-refractivity contribution in [3.8, 4) is 5.82 Å². The number of aromatic nitrogens is 4. The summed E-state index contributed by atoms with van der Waals surface area (Å²) in [6, 6.07) is 4.96. The Morgan fingerprint density at radius 1 is 1.18 bits per heavy atom. The van der Waals surface area contributed by atoms with Gasteiger partial charge < -0.3 is 0 Å². The summed E-state index contributed by atoms with van der Waals surface area (Å²) in [6.07, 6.45) is -1.11. The van der Waals surface area contributed by atoms with Crippen molar-refractivity contribution in [2.24, 2.45) is 0 Å². The number of alkyl halides is 2. The van der Waals surface area contributed by atoms with Crippen molar-refractivity contribution in [2.75, 3.05) is 6.26 Å². The molecule has 2 aromatic heterocycles. The molecule has 1 aromatic carbocycles. The Kier molecular flexibility index (Phi) is 3.96. The normalized spacial score (nSPS) is 11.5. The van der Waals surface area contributed by atoms with Crippen molar-refractivity contribution >= 4 is 34.4 Å². The highest BCUT2D eigenvalue weighted by atomic mass is 35.5. The summed E-state index contributed by atoms with van der Waals surface area (Å²) in [4.78, 5) is 12.0. The van der Waals surface area contributed by atoms with Crippen LogP contribution in [0, 0.1) is 5.82 Å². The second-order valence-electron chi connectivity index (χ2n) is 4.27. The first-order valence-corrected chi connectivity index (χ1v) is 7.65. The van der Waals surface area contributed by atoms with E-state index in [1.807, 2.05) is 0 Å². The molecule has 0 aliphatic heterocycles. The lowest BCUT2D eigenvalue weighted by Gasteiger charge is -2.09. The number of fused-ring (bicyclic) bond motifs is 1. The largest absolute Gasteiger partial charge is 0.296 e. The van der Waals surface area contributed by atoms with Crippen molar-refractivity contribution in [2.45, 2.75) is 11.6 Å². The van der Waals surface area contributed by atoms with E-state index in [1.165, 1.54) is 23.9 Å². The maximum Gasteiger partial charge on any atom is 0.296 e. The first-order valence-electron chi connectivity index (χ1n) is 6.04. The first kappa shape index (κ1) is 15.1. The van der Waals surface area contributed by atoms with Crippen LogP contribution in [0.25, 0.3) is 16.9 Å². The molecule has 0 bridgehead atoms. The minimum Gasteiger partial charge on any atom is -0.275 e. The summed E-state index contributed by atoms with van der Waals surface area (Å²) in [5.41, 5.74) is 0.439. The molecule has 9 heteroatoms. The van der Waals surface area contributed by atoms with Gasteiger partial charge in [0.2, 0.25) is 0 Å². The number of hydrogen-bond acceptors (Lipinski definition) is 4. The Morgan fingerprint density at radius 3 is 2.64 bits per heavy atom. The molecule has 0 aliphatic rings. The maximum absolute atomic E-state index is 13.5. The monoisotopic (exact) mass is 344 g/mol. The Labute approximate surface area is 132 Å².